The number of hydrogen-bond donors (Lipinski definition) is 1. The minimum absolute atomic E-state index is 0.332. The van der Waals surface area contributed by atoms with E-state index in [0.717, 1.165) is 25.2 Å². The number of carboxylic acid groups (broad SMARTS) is 1. The number of hydrogen-bond acceptors (Lipinski definition) is 2. The van der Waals surface area contributed by atoms with E-state index in [1.54, 1.807) is 18.2 Å². The van der Waals surface area contributed by atoms with Crippen molar-refractivity contribution < 1.29 is 9.90 Å². The summed E-state index contributed by atoms with van der Waals surface area (Å²) in [4.78, 5) is 13.1. The van der Waals surface area contributed by atoms with Crippen LogP contribution < -0.4 is 4.90 Å². The number of carbonyl (C=O) groups is 1. The maximum Gasteiger partial charge on any atom is 0.337 e. The molecular weight excluding hydrogens is 226 g/mol. The van der Waals surface area contributed by atoms with Crippen molar-refractivity contribution in [1.29, 1.82) is 0 Å². The van der Waals surface area contributed by atoms with Gasteiger partial charge in [0.2, 0.25) is 0 Å². The van der Waals surface area contributed by atoms with Gasteiger partial charge in [-0.3, -0.25) is 0 Å². The van der Waals surface area contributed by atoms with Crippen LogP contribution >= 0.6 is 11.6 Å². The normalized spacial score (nSPS) is 16.0. The molecule has 1 aliphatic rings. The molecule has 0 radical (unpaired) electrons. The largest absolute Gasteiger partial charge is 0.478 e. The Bertz CT molecular complexity index is 413. The van der Waals surface area contributed by atoms with Gasteiger partial charge in [-0.05, 0) is 30.5 Å². The zero-order chi connectivity index (χ0) is 11.7. The predicted octanol–water partition coefficient (Wildman–Crippen LogP) is 2.88. The van der Waals surface area contributed by atoms with Crippen molar-refractivity contribution in [1.82, 2.24) is 0 Å². The van der Waals surface area contributed by atoms with E-state index < -0.39 is 5.97 Å². The summed E-state index contributed by atoms with van der Waals surface area (Å²) in [5.74, 6) is -0.216. The Morgan fingerprint density at radius 3 is 2.81 bits per heavy atom. The van der Waals surface area contributed by atoms with Gasteiger partial charge in [0.15, 0.2) is 0 Å². The van der Waals surface area contributed by atoms with Crippen molar-refractivity contribution in [2.75, 3.05) is 18.0 Å². The minimum atomic E-state index is -0.897. The van der Waals surface area contributed by atoms with Crippen LogP contribution in [0, 0.1) is 5.92 Å². The van der Waals surface area contributed by atoms with Crippen molar-refractivity contribution in [2.45, 2.75) is 13.3 Å². The Morgan fingerprint density at radius 2 is 2.25 bits per heavy atom. The van der Waals surface area contributed by atoms with Gasteiger partial charge in [0.05, 0.1) is 11.3 Å². The fourth-order valence-electron chi connectivity index (χ4n) is 1.97. The fourth-order valence-corrected chi connectivity index (χ4v) is 2.14. The molecule has 1 aromatic rings. The van der Waals surface area contributed by atoms with Crippen LogP contribution in [-0.4, -0.2) is 24.2 Å². The van der Waals surface area contributed by atoms with E-state index >= 15 is 0 Å². The van der Waals surface area contributed by atoms with Crippen LogP contribution in [0.15, 0.2) is 18.2 Å². The molecule has 0 bridgehead atoms. The van der Waals surface area contributed by atoms with Crippen molar-refractivity contribution in [3.8, 4) is 0 Å². The second kappa shape index (κ2) is 4.34. The molecule has 0 unspecified atom stereocenters. The van der Waals surface area contributed by atoms with Gasteiger partial charge >= 0.3 is 5.97 Å². The summed E-state index contributed by atoms with van der Waals surface area (Å²) in [6, 6.07) is 4.92. The lowest BCUT2D eigenvalue weighted by Crippen LogP contribution is -2.47. The van der Waals surface area contributed by atoms with E-state index in [1.807, 2.05) is 0 Å². The summed E-state index contributed by atoms with van der Waals surface area (Å²) < 4.78 is 0. The molecule has 1 fully saturated rings. The number of carboxylic acids is 1. The van der Waals surface area contributed by atoms with E-state index in [4.69, 9.17) is 16.7 Å². The molecule has 0 amide bonds. The summed E-state index contributed by atoms with van der Waals surface area (Å²) in [5.41, 5.74) is 1.07. The molecule has 2 rings (SSSR count). The highest BCUT2D eigenvalue weighted by atomic mass is 35.5. The lowest BCUT2D eigenvalue weighted by atomic mass is 9.95. The average molecular weight is 240 g/mol. The van der Waals surface area contributed by atoms with Gasteiger partial charge in [0.1, 0.15) is 0 Å². The maximum absolute atomic E-state index is 11.1. The molecule has 1 saturated heterocycles. The molecule has 4 heteroatoms. The standard InChI is InChI=1S/C12H14ClNO2/c1-2-8-6-14(7-8)11-5-9(13)3-4-10(11)12(15)16/h3-5,8H,2,6-7H2,1H3,(H,15,16). The highest BCUT2D eigenvalue weighted by Crippen LogP contribution is 2.31. The second-order valence-electron chi connectivity index (χ2n) is 4.15. The molecule has 0 atom stereocenters. The van der Waals surface area contributed by atoms with Crippen LogP contribution in [0.4, 0.5) is 5.69 Å². The monoisotopic (exact) mass is 239 g/mol. The highest BCUT2D eigenvalue weighted by Gasteiger charge is 2.28. The maximum atomic E-state index is 11.1. The SMILES string of the molecule is CCC1CN(c2cc(Cl)ccc2C(=O)O)C1. The Hall–Kier alpha value is -1.22. The molecule has 0 aromatic heterocycles. The van der Waals surface area contributed by atoms with E-state index in [9.17, 15) is 4.79 Å². The Balaban J connectivity index is 2.25. The second-order valence-corrected chi connectivity index (χ2v) is 4.58. The van der Waals surface area contributed by atoms with Crippen LogP contribution in [0.1, 0.15) is 23.7 Å². The van der Waals surface area contributed by atoms with Crippen molar-refractivity contribution >= 4 is 23.3 Å². The average Bonchev–Trinajstić information content (AvgIpc) is 2.15. The van der Waals surface area contributed by atoms with Crippen LogP contribution in [-0.2, 0) is 0 Å². The van der Waals surface area contributed by atoms with Crippen molar-refractivity contribution in [3.05, 3.63) is 28.8 Å². The molecule has 1 heterocycles. The lowest BCUT2D eigenvalue weighted by Gasteiger charge is -2.41. The molecule has 1 aliphatic heterocycles. The first-order valence-corrected chi connectivity index (χ1v) is 5.77. The van der Waals surface area contributed by atoms with Gasteiger partial charge in [-0.25, -0.2) is 4.79 Å². The molecule has 0 aliphatic carbocycles. The van der Waals surface area contributed by atoms with E-state index in [1.165, 1.54) is 0 Å². The van der Waals surface area contributed by atoms with Crippen LogP contribution in [0.5, 0.6) is 0 Å². The van der Waals surface area contributed by atoms with E-state index in [2.05, 4.69) is 11.8 Å². The minimum Gasteiger partial charge on any atom is -0.478 e. The first-order valence-electron chi connectivity index (χ1n) is 5.39. The zero-order valence-corrected chi connectivity index (χ0v) is 9.87. The Morgan fingerprint density at radius 1 is 1.56 bits per heavy atom. The summed E-state index contributed by atoms with van der Waals surface area (Å²) in [6.45, 7) is 4.01. The van der Waals surface area contributed by atoms with E-state index in [0.29, 0.717) is 16.5 Å². The summed E-state index contributed by atoms with van der Waals surface area (Å²) in [5, 5.41) is 9.66. The van der Waals surface area contributed by atoms with Gasteiger partial charge in [-0.1, -0.05) is 18.5 Å². The van der Waals surface area contributed by atoms with Gasteiger partial charge in [0.25, 0.3) is 0 Å². The predicted molar refractivity (Wildman–Crippen MR) is 64.4 cm³/mol. The smallest absolute Gasteiger partial charge is 0.337 e. The van der Waals surface area contributed by atoms with Crippen LogP contribution in [0.25, 0.3) is 0 Å². The number of aromatic carboxylic acids is 1. The first kappa shape index (κ1) is 11.3. The molecule has 86 valence electrons. The number of halogens is 1. The van der Waals surface area contributed by atoms with Crippen LogP contribution in [0.3, 0.4) is 0 Å². The molecule has 3 nitrogen and oxygen atoms in total. The Kier molecular flexibility index (Phi) is 3.06. The van der Waals surface area contributed by atoms with Crippen molar-refractivity contribution in [3.63, 3.8) is 0 Å². The molecular formula is C12H14ClNO2. The molecule has 1 aromatic carbocycles. The fraction of sp³-hybridized carbons (Fsp3) is 0.417. The van der Waals surface area contributed by atoms with Gasteiger partial charge in [0, 0.05) is 18.1 Å². The molecule has 1 N–H and O–H groups in total. The third-order valence-electron chi connectivity index (χ3n) is 3.07. The number of rotatable bonds is 3. The van der Waals surface area contributed by atoms with Crippen molar-refractivity contribution in [2.24, 2.45) is 5.92 Å². The number of anilines is 1. The summed E-state index contributed by atoms with van der Waals surface area (Å²) in [6.07, 6.45) is 1.14. The van der Waals surface area contributed by atoms with Crippen LogP contribution in [0.2, 0.25) is 5.02 Å². The lowest BCUT2D eigenvalue weighted by molar-refractivity contribution is 0.0697. The summed E-state index contributed by atoms with van der Waals surface area (Å²) in [7, 11) is 0. The summed E-state index contributed by atoms with van der Waals surface area (Å²) >= 11 is 5.90. The number of nitrogens with zero attached hydrogens (tertiary/aromatic N) is 1. The highest BCUT2D eigenvalue weighted by molar-refractivity contribution is 6.31. The zero-order valence-electron chi connectivity index (χ0n) is 9.11. The topological polar surface area (TPSA) is 40.5 Å². The number of benzene rings is 1. The van der Waals surface area contributed by atoms with Gasteiger partial charge in [-0.2, -0.15) is 0 Å². The quantitative estimate of drug-likeness (QED) is 0.882. The molecule has 0 spiro atoms. The van der Waals surface area contributed by atoms with Gasteiger partial charge in [-0.15, -0.1) is 0 Å². The Labute approximate surface area is 99.6 Å². The first-order chi connectivity index (χ1) is 7.61. The molecule has 0 saturated carbocycles. The van der Waals surface area contributed by atoms with E-state index in [-0.39, 0.29) is 0 Å². The third kappa shape index (κ3) is 2.00. The third-order valence-corrected chi connectivity index (χ3v) is 3.30. The van der Waals surface area contributed by atoms with Gasteiger partial charge < -0.3 is 10.0 Å². The molecule has 16 heavy (non-hydrogen) atoms.